The van der Waals surface area contributed by atoms with E-state index in [4.69, 9.17) is 33.2 Å². The average Bonchev–Trinajstić information content (AvgIpc) is 3.00. The summed E-state index contributed by atoms with van der Waals surface area (Å²) in [4.78, 5) is 23.6. The molecule has 0 aliphatic carbocycles. The zero-order valence-corrected chi connectivity index (χ0v) is 22.8. The van der Waals surface area contributed by atoms with E-state index >= 15 is 0 Å². The van der Waals surface area contributed by atoms with Crippen molar-refractivity contribution in [2.75, 3.05) is 26.8 Å². The van der Waals surface area contributed by atoms with E-state index in [0.717, 1.165) is 37.5 Å². The minimum atomic E-state index is -0.580. The Bertz CT molecular complexity index is 1220. The van der Waals surface area contributed by atoms with E-state index < -0.39 is 11.9 Å². The van der Waals surface area contributed by atoms with Crippen LogP contribution >= 0.6 is 0 Å². The summed E-state index contributed by atoms with van der Waals surface area (Å²) in [6, 6.07) is 19.9. The van der Waals surface area contributed by atoms with Crippen molar-refractivity contribution in [2.24, 2.45) is 0 Å². The van der Waals surface area contributed by atoms with Gasteiger partial charge in [-0.25, -0.2) is 9.59 Å². The van der Waals surface area contributed by atoms with E-state index in [1.54, 1.807) is 24.3 Å². The Morgan fingerprint density at radius 3 is 1.68 bits per heavy atom. The van der Waals surface area contributed by atoms with Gasteiger partial charge in [-0.3, -0.25) is 0 Å². The number of benzene rings is 3. The van der Waals surface area contributed by atoms with Crippen LogP contribution in [0.4, 0.5) is 0 Å². The molecule has 0 saturated carbocycles. The molecule has 0 aliphatic heterocycles. The molecule has 9 heteroatoms. The van der Waals surface area contributed by atoms with Gasteiger partial charge in [-0.1, -0.05) is 19.6 Å². The third-order valence-corrected chi connectivity index (χ3v) is 5.51. The number of carbonyl (C=O) groups is 2. The van der Waals surface area contributed by atoms with Crippen LogP contribution < -0.4 is 23.7 Å². The summed E-state index contributed by atoms with van der Waals surface area (Å²) >= 11 is 0. The van der Waals surface area contributed by atoms with Gasteiger partial charge in [-0.2, -0.15) is 0 Å². The van der Waals surface area contributed by atoms with Crippen LogP contribution in [0.3, 0.4) is 0 Å². The highest BCUT2D eigenvalue weighted by Crippen LogP contribution is 2.21. The van der Waals surface area contributed by atoms with Crippen molar-refractivity contribution in [3.8, 4) is 28.7 Å². The molecular weight excluding hydrogens is 528 g/mol. The molecule has 0 aliphatic rings. The number of ether oxygens (including phenoxy) is 7. The lowest BCUT2D eigenvalue weighted by molar-refractivity contribution is -0.128. The summed E-state index contributed by atoms with van der Waals surface area (Å²) in [5, 5.41) is 0. The minimum Gasteiger partial charge on any atom is -0.494 e. The summed E-state index contributed by atoms with van der Waals surface area (Å²) in [7, 11) is 0. The lowest BCUT2D eigenvalue weighted by atomic mass is 10.2. The molecule has 41 heavy (non-hydrogen) atoms. The van der Waals surface area contributed by atoms with Crippen LogP contribution in [0.2, 0.25) is 0 Å². The van der Waals surface area contributed by atoms with Crippen LogP contribution in [0.1, 0.15) is 36.0 Å². The van der Waals surface area contributed by atoms with Crippen LogP contribution in [0, 0.1) is 0 Å². The van der Waals surface area contributed by atoms with Crippen molar-refractivity contribution in [1.82, 2.24) is 0 Å². The zero-order valence-electron chi connectivity index (χ0n) is 22.8. The molecule has 0 spiro atoms. The summed E-state index contributed by atoms with van der Waals surface area (Å²) in [6.07, 6.45) is 6.52. The first-order chi connectivity index (χ1) is 20.1. The molecule has 0 atom stereocenters. The highest BCUT2D eigenvalue weighted by Gasteiger charge is 2.10. The predicted octanol–water partition coefficient (Wildman–Crippen LogP) is 6.49. The maximum atomic E-state index is 12.4. The van der Waals surface area contributed by atoms with E-state index in [0.29, 0.717) is 41.8 Å². The summed E-state index contributed by atoms with van der Waals surface area (Å²) in [5.41, 5.74) is 0.307. The van der Waals surface area contributed by atoms with Crippen LogP contribution in [-0.2, 0) is 14.3 Å². The van der Waals surface area contributed by atoms with E-state index in [1.807, 2.05) is 24.3 Å². The quantitative estimate of drug-likeness (QED) is 0.0406. The fourth-order valence-corrected chi connectivity index (χ4v) is 3.39. The van der Waals surface area contributed by atoms with Gasteiger partial charge in [0.1, 0.15) is 28.7 Å². The topological polar surface area (TPSA) is 98.8 Å². The van der Waals surface area contributed by atoms with Crippen LogP contribution in [0.5, 0.6) is 28.7 Å². The van der Waals surface area contributed by atoms with Crippen molar-refractivity contribution in [3.05, 3.63) is 104 Å². The van der Waals surface area contributed by atoms with Gasteiger partial charge in [0.2, 0.25) is 6.79 Å². The number of unbranched alkanes of at least 4 members (excludes halogenated alkanes) is 3. The largest absolute Gasteiger partial charge is 0.494 e. The fraction of sp³-hybridized carbons (Fsp3) is 0.250. The molecule has 3 rings (SSSR count). The van der Waals surface area contributed by atoms with E-state index in [-0.39, 0.29) is 13.6 Å². The number of esters is 2. The molecule has 3 aromatic rings. The molecule has 0 amide bonds. The molecule has 9 nitrogen and oxygen atoms in total. The van der Waals surface area contributed by atoms with Crippen molar-refractivity contribution in [3.63, 3.8) is 0 Å². The molecule has 0 aromatic heterocycles. The standard InChI is InChI=1S/C32H34O9/c1-3-31(33)40-29-11-9-25(10-12-29)32(34)41-30-19-17-28(18-20-30)39-24-38-27-15-13-26(14-16-27)37-22-8-6-5-7-21-36-23-35-4-2/h3-4,9-20H,1-2,5-8,21-24H2. The highest BCUT2D eigenvalue weighted by atomic mass is 16.7. The Balaban J connectivity index is 1.30. The lowest BCUT2D eigenvalue weighted by Gasteiger charge is -2.11. The molecule has 0 unspecified atom stereocenters. The Morgan fingerprint density at radius 2 is 1.10 bits per heavy atom. The second kappa shape index (κ2) is 17.8. The van der Waals surface area contributed by atoms with Crippen molar-refractivity contribution in [2.45, 2.75) is 25.7 Å². The molecule has 3 aromatic carbocycles. The lowest BCUT2D eigenvalue weighted by Crippen LogP contribution is -2.09. The first-order valence-corrected chi connectivity index (χ1v) is 13.1. The average molecular weight is 563 g/mol. The predicted molar refractivity (Wildman–Crippen MR) is 152 cm³/mol. The van der Waals surface area contributed by atoms with Crippen molar-refractivity contribution in [1.29, 1.82) is 0 Å². The number of carbonyl (C=O) groups excluding carboxylic acids is 2. The minimum absolute atomic E-state index is 0.00550. The molecule has 0 saturated heterocycles. The third kappa shape index (κ3) is 11.9. The molecular formula is C32H34O9. The maximum absolute atomic E-state index is 12.4. The zero-order chi connectivity index (χ0) is 29.1. The van der Waals surface area contributed by atoms with Gasteiger partial charge < -0.3 is 33.2 Å². The molecule has 0 N–H and O–H groups in total. The van der Waals surface area contributed by atoms with Gasteiger partial charge in [-0.15, -0.1) is 0 Å². The van der Waals surface area contributed by atoms with E-state index in [9.17, 15) is 9.59 Å². The number of hydrogen-bond donors (Lipinski definition) is 0. The van der Waals surface area contributed by atoms with Crippen molar-refractivity contribution >= 4 is 11.9 Å². The molecule has 0 heterocycles. The normalized spacial score (nSPS) is 10.2. The van der Waals surface area contributed by atoms with Gasteiger partial charge in [-0.05, 0) is 92.1 Å². The smallest absolute Gasteiger partial charge is 0.343 e. The van der Waals surface area contributed by atoms with E-state index in [2.05, 4.69) is 13.2 Å². The van der Waals surface area contributed by atoms with Crippen molar-refractivity contribution < 1.29 is 42.7 Å². The molecule has 216 valence electrons. The van der Waals surface area contributed by atoms with Crippen LogP contribution in [0.15, 0.2) is 98.3 Å². The maximum Gasteiger partial charge on any atom is 0.343 e. The van der Waals surface area contributed by atoms with Gasteiger partial charge in [0.05, 0.1) is 25.0 Å². The molecule has 0 radical (unpaired) electrons. The Hall–Kier alpha value is -4.76. The highest BCUT2D eigenvalue weighted by molar-refractivity contribution is 5.91. The van der Waals surface area contributed by atoms with Crippen LogP contribution in [0.25, 0.3) is 0 Å². The second-order valence-electron chi connectivity index (χ2n) is 8.51. The Morgan fingerprint density at radius 1 is 0.585 bits per heavy atom. The molecule has 0 bridgehead atoms. The van der Waals surface area contributed by atoms with Gasteiger partial charge in [0.25, 0.3) is 0 Å². The Kier molecular flexibility index (Phi) is 13.3. The van der Waals surface area contributed by atoms with Gasteiger partial charge in [0.15, 0.2) is 6.79 Å². The number of hydrogen-bond acceptors (Lipinski definition) is 9. The van der Waals surface area contributed by atoms with E-state index in [1.165, 1.54) is 30.5 Å². The first-order valence-electron chi connectivity index (χ1n) is 13.1. The number of rotatable bonds is 19. The summed E-state index contributed by atoms with van der Waals surface area (Å²) in [6.45, 7) is 8.38. The molecule has 0 fully saturated rings. The van der Waals surface area contributed by atoms with Gasteiger partial charge >= 0.3 is 11.9 Å². The third-order valence-electron chi connectivity index (χ3n) is 5.51. The summed E-state index contributed by atoms with van der Waals surface area (Å²) in [5.74, 6) is 1.50. The van der Waals surface area contributed by atoms with Crippen LogP contribution in [-0.4, -0.2) is 38.7 Å². The monoisotopic (exact) mass is 562 g/mol. The second-order valence-corrected chi connectivity index (χ2v) is 8.51. The Labute approximate surface area is 239 Å². The van der Waals surface area contributed by atoms with Gasteiger partial charge in [0, 0.05) is 6.08 Å². The summed E-state index contributed by atoms with van der Waals surface area (Å²) < 4.78 is 37.6. The fourth-order valence-electron chi connectivity index (χ4n) is 3.39. The first kappa shape index (κ1) is 30.8. The SMILES string of the molecule is C=COCOCCCCCCOc1ccc(OCOc2ccc(OC(=O)c3ccc(OC(=O)C=C)cc3)cc2)cc1.